The molecule has 0 radical (unpaired) electrons. The number of carbonyl (C=O) groups is 2. The lowest BCUT2D eigenvalue weighted by atomic mass is 10.1. The zero-order chi connectivity index (χ0) is 14.2. The first kappa shape index (κ1) is 14.0. The number of hydrogen-bond donors (Lipinski definition) is 2. The van der Waals surface area contributed by atoms with Crippen LogP contribution in [-0.2, 0) is 4.79 Å². The molecule has 2 N–H and O–H groups in total. The molecule has 1 aromatic carbocycles. The van der Waals surface area contributed by atoms with Crippen molar-refractivity contribution in [3.63, 3.8) is 0 Å². The van der Waals surface area contributed by atoms with Gasteiger partial charge < -0.3 is 15.1 Å². The molecule has 0 aliphatic carbocycles. The molecule has 102 valence electrons. The van der Waals surface area contributed by atoms with Crippen LogP contribution in [0.25, 0.3) is 0 Å². The molecule has 1 heterocycles. The standard InChI is InChI=1S/C12H11BrFNO4/c13-8-3-6(1-2-9(8)14)11(17)15-5-7(16)4-10(15)12(18)19/h1-3,7,10,16H,4-5H2,(H,18,19)/t7-,10-/m1/s1. The normalized spacial score (nSPS) is 22.6. The molecule has 1 aliphatic rings. The molecule has 0 saturated carbocycles. The lowest BCUT2D eigenvalue weighted by Crippen LogP contribution is -2.40. The van der Waals surface area contributed by atoms with Crippen molar-refractivity contribution in [3.05, 3.63) is 34.1 Å². The van der Waals surface area contributed by atoms with E-state index in [1.165, 1.54) is 12.1 Å². The van der Waals surface area contributed by atoms with E-state index in [0.29, 0.717) is 0 Å². The number of β-amino-alcohol motifs (C(OH)–C–C–N with tert-alkyl or cyclic N) is 1. The van der Waals surface area contributed by atoms with Gasteiger partial charge in [0.2, 0.25) is 0 Å². The largest absolute Gasteiger partial charge is 0.480 e. The molecule has 1 fully saturated rings. The fourth-order valence-electron chi connectivity index (χ4n) is 2.07. The number of aliphatic carboxylic acids is 1. The Hall–Kier alpha value is -1.47. The maximum atomic E-state index is 13.1. The van der Waals surface area contributed by atoms with Crippen molar-refractivity contribution in [1.82, 2.24) is 4.90 Å². The Labute approximate surface area is 116 Å². The summed E-state index contributed by atoms with van der Waals surface area (Å²) in [4.78, 5) is 24.3. The zero-order valence-electron chi connectivity index (χ0n) is 9.72. The van der Waals surface area contributed by atoms with Crippen LogP contribution >= 0.6 is 15.9 Å². The van der Waals surface area contributed by atoms with Crippen molar-refractivity contribution in [1.29, 1.82) is 0 Å². The average molecular weight is 332 g/mol. The molecule has 0 spiro atoms. The van der Waals surface area contributed by atoms with E-state index in [2.05, 4.69) is 15.9 Å². The fourth-order valence-corrected chi connectivity index (χ4v) is 2.45. The van der Waals surface area contributed by atoms with Crippen LogP contribution in [0.1, 0.15) is 16.8 Å². The number of aliphatic hydroxyl groups is 1. The molecule has 0 unspecified atom stereocenters. The smallest absolute Gasteiger partial charge is 0.326 e. The third-order valence-electron chi connectivity index (χ3n) is 2.99. The second-order valence-electron chi connectivity index (χ2n) is 4.33. The van der Waals surface area contributed by atoms with Gasteiger partial charge in [0.05, 0.1) is 10.6 Å². The molecular formula is C12H11BrFNO4. The van der Waals surface area contributed by atoms with E-state index in [1.807, 2.05) is 0 Å². The summed E-state index contributed by atoms with van der Waals surface area (Å²) in [5.74, 6) is -2.21. The van der Waals surface area contributed by atoms with E-state index < -0.39 is 29.8 Å². The van der Waals surface area contributed by atoms with Gasteiger partial charge >= 0.3 is 5.97 Å². The lowest BCUT2D eigenvalue weighted by Gasteiger charge is -2.21. The summed E-state index contributed by atoms with van der Waals surface area (Å²) in [6, 6.07) is 2.65. The number of carbonyl (C=O) groups excluding carboxylic acids is 1. The minimum absolute atomic E-state index is 0.00341. The van der Waals surface area contributed by atoms with Crippen LogP contribution in [-0.4, -0.2) is 45.7 Å². The van der Waals surface area contributed by atoms with E-state index in [-0.39, 0.29) is 23.0 Å². The monoisotopic (exact) mass is 331 g/mol. The van der Waals surface area contributed by atoms with Crippen LogP contribution in [0.5, 0.6) is 0 Å². The van der Waals surface area contributed by atoms with Crippen LogP contribution in [0.2, 0.25) is 0 Å². The topological polar surface area (TPSA) is 77.8 Å². The lowest BCUT2D eigenvalue weighted by molar-refractivity contribution is -0.141. The van der Waals surface area contributed by atoms with Crippen LogP contribution < -0.4 is 0 Å². The van der Waals surface area contributed by atoms with Crippen molar-refractivity contribution in [2.24, 2.45) is 0 Å². The Balaban J connectivity index is 2.27. The number of halogens is 2. The highest BCUT2D eigenvalue weighted by Gasteiger charge is 2.39. The van der Waals surface area contributed by atoms with E-state index in [1.54, 1.807) is 0 Å². The van der Waals surface area contributed by atoms with Crippen LogP contribution in [0.15, 0.2) is 22.7 Å². The van der Waals surface area contributed by atoms with E-state index >= 15 is 0 Å². The third kappa shape index (κ3) is 2.76. The maximum absolute atomic E-state index is 13.1. The van der Waals surface area contributed by atoms with Gasteiger partial charge in [-0.25, -0.2) is 9.18 Å². The number of carboxylic acids is 1. The third-order valence-corrected chi connectivity index (χ3v) is 3.60. The Morgan fingerprint density at radius 2 is 2.11 bits per heavy atom. The molecule has 2 atom stereocenters. The Morgan fingerprint density at radius 3 is 2.68 bits per heavy atom. The van der Waals surface area contributed by atoms with Crippen LogP contribution in [0, 0.1) is 5.82 Å². The van der Waals surface area contributed by atoms with Gasteiger partial charge in [0.25, 0.3) is 5.91 Å². The molecule has 5 nitrogen and oxygen atoms in total. The van der Waals surface area contributed by atoms with Gasteiger partial charge in [0.15, 0.2) is 0 Å². The first-order chi connectivity index (χ1) is 8.90. The summed E-state index contributed by atoms with van der Waals surface area (Å²) < 4.78 is 13.2. The van der Waals surface area contributed by atoms with Crippen molar-refractivity contribution in [2.75, 3.05) is 6.54 Å². The van der Waals surface area contributed by atoms with Crippen molar-refractivity contribution in [3.8, 4) is 0 Å². The van der Waals surface area contributed by atoms with Gasteiger partial charge in [-0.3, -0.25) is 4.79 Å². The summed E-state index contributed by atoms with van der Waals surface area (Å²) in [6.45, 7) is -0.0369. The minimum atomic E-state index is -1.16. The summed E-state index contributed by atoms with van der Waals surface area (Å²) in [7, 11) is 0. The van der Waals surface area contributed by atoms with Crippen molar-refractivity contribution >= 4 is 27.8 Å². The molecular weight excluding hydrogens is 321 g/mol. The Bertz CT molecular complexity index is 536. The first-order valence-electron chi connectivity index (χ1n) is 5.57. The summed E-state index contributed by atoms with van der Waals surface area (Å²) >= 11 is 2.97. The molecule has 0 aromatic heterocycles. The summed E-state index contributed by atoms with van der Waals surface area (Å²) in [5.41, 5.74) is 0.175. The molecule has 0 bridgehead atoms. The molecule has 1 amide bonds. The maximum Gasteiger partial charge on any atom is 0.326 e. The molecule has 7 heteroatoms. The zero-order valence-corrected chi connectivity index (χ0v) is 11.3. The van der Waals surface area contributed by atoms with Gasteiger partial charge in [0.1, 0.15) is 11.9 Å². The van der Waals surface area contributed by atoms with Crippen molar-refractivity contribution in [2.45, 2.75) is 18.6 Å². The second kappa shape index (κ2) is 5.26. The quantitative estimate of drug-likeness (QED) is 0.854. The summed E-state index contributed by atoms with van der Waals surface area (Å²) in [5, 5.41) is 18.5. The predicted octanol–water partition coefficient (Wildman–Crippen LogP) is 1.25. The van der Waals surface area contributed by atoms with Gasteiger partial charge in [-0.1, -0.05) is 0 Å². The number of amides is 1. The molecule has 1 aromatic rings. The molecule has 2 rings (SSSR count). The minimum Gasteiger partial charge on any atom is -0.480 e. The molecule has 19 heavy (non-hydrogen) atoms. The van der Waals surface area contributed by atoms with Gasteiger partial charge in [0, 0.05) is 18.5 Å². The van der Waals surface area contributed by atoms with E-state index in [4.69, 9.17) is 5.11 Å². The first-order valence-corrected chi connectivity index (χ1v) is 6.36. The number of benzene rings is 1. The van der Waals surface area contributed by atoms with Gasteiger partial charge in [-0.2, -0.15) is 0 Å². The van der Waals surface area contributed by atoms with Gasteiger partial charge in [-0.05, 0) is 34.1 Å². The number of carboxylic acid groups (broad SMARTS) is 1. The predicted molar refractivity (Wildman–Crippen MR) is 67.2 cm³/mol. The average Bonchev–Trinajstić information content (AvgIpc) is 2.74. The number of hydrogen-bond acceptors (Lipinski definition) is 3. The number of rotatable bonds is 2. The number of nitrogens with zero attached hydrogens (tertiary/aromatic N) is 1. The number of likely N-dealkylation sites (tertiary alicyclic amines) is 1. The van der Waals surface area contributed by atoms with Gasteiger partial charge in [-0.15, -0.1) is 0 Å². The van der Waals surface area contributed by atoms with Crippen LogP contribution in [0.3, 0.4) is 0 Å². The van der Waals surface area contributed by atoms with E-state index in [0.717, 1.165) is 11.0 Å². The second-order valence-corrected chi connectivity index (χ2v) is 5.18. The Morgan fingerprint density at radius 1 is 1.42 bits per heavy atom. The van der Waals surface area contributed by atoms with Crippen molar-refractivity contribution < 1.29 is 24.2 Å². The fraction of sp³-hybridized carbons (Fsp3) is 0.333. The SMILES string of the molecule is O=C(O)[C@H]1C[C@@H](O)CN1C(=O)c1ccc(F)c(Br)c1. The number of aliphatic hydroxyl groups excluding tert-OH is 1. The highest BCUT2D eigenvalue weighted by molar-refractivity contribution is 9.10. The molecule has 1 saturated heterocycles. The highest BCUT2D eigenvalue weighted by Crippen LogP contribution is 2.23. The Kier molecular flexibility index (Phi) is 3.86. The molecule has 1 aliphatic heterocycles. The highest BCUT2D eigenvalue weighted by atomic mass is 79.9. The van der Waals surface area contributed by atoms with E-state index in [9.17, 15) is 19.1 Å². The van der Waals surface area contributed by atoms with Crippen LogP contribution in [0.4, 0.5) is 4.39 Å². The summed E-state index contributed by atoms with van der Waals surface area (Å²) in [6.07, 6.45) is -0.849.